The molecule has 1 N–H and O–H groups in total. The van der Waals surface area contributed by atoms with Gasteiger partial charge in [0.05, 0.1) is 6.26 Å². The molecule has 0 bridgehead atoms. The third-order valence-corrected chi connectivity index (χ3v) is 4.69. The van der Waals surface area contributed by atoms with Gasteiger partial charge in [-0.3, -0.25) is 4.79 Å². The minimum absolute atomic E-state index is 0.229. The largest absolute Gasteiger partial charge is 0.354 e. The number of amides is 1. The maximum Gasteiger partial charge on any atom is 0.242 e. The van der Waals surface area contributed by atoms with Gasteiger partial charge in [-0.1, -0.05) is 24.3 Å². The normalized spacial score (nSPS) is 18.5. The number of carbonyl (C=O) groups excluding carboxylic acids is 1. The van der Waals surface area contributed by atoms with Crippen LogP contribution in [0.5, 0.6) is 0 Å². The highest BCUT2D eigenvalue weighted by molar-refractivity contribution is 7.88. The van der Waals surface area contributed by atoms with Crippen molar-refractivity contribution in [3.05, 3.63) is 47.8 Å². The van der Waals surface area contributed by atoms with Crippen LogP contribution in [0.25, 0.3) is 0 Å². The van der Waals surface area contributed by atoms with E-state index in [2.05, 4.69) is 5.32 Å². The van der Waals surface area contributed by atoms with E-state index in [1.54, 1.807) is 24.3 Å². The molecular weight excluding hydrogens is 307 g/mol. The lowest BCUT2D eigenvalue weighted by Gasteiger charge is -2.21. The van der Waals surface area contributed by atoms with Gasteiger partial charge in [-0.05, 0) is 30.5 Å². The van der Waals surface area contributed by atoms with E-state index >= 15 is 0 Å². The van der Waals surface area contributed by atoms with Crippen LogP contribution in [0.15, 0.2) is 36.4 Å². The molecule has 1 aromatic carbocycles. The molecule has 5 nitrogen and oxygen atoms in total. The highest BCUT2D eigenvalue weighted by Gasteiger charge is 2.32. The Hall–Kier alpha value is -1.73. The Kier molecular flexibility index (Phi) is 5.31. The summed E-state index contributed by atoms with van der Waals surface area (Å²) < 4.78 is 37.1. The summed E-state index contributed by atoms with van der Waals surface area (Å²) in [4.78, 5) is 12.0. The van der Waals surface area contributed by atoms with Gasteiger partial charge in [0, 0.05) is 13.1 Å². The molecule has 7 heteroatoms. The fraction of sp³-hybridized carbons (Fsp3) is 0.400. The van der Waals surface area contributed by atoms with Gasteiger partial charge in [-0.25, -0.2) is 12.8 Å². The topological polar surface area (TPSA) is 66.5 Å². The van der Waals surface area contributed by atoms with Crippen molar-refractivity contribution >= 4 is 15.9 Å². The number of nitrogens with one attached hydrogen (secondary N) is 1. The number of halogens is 1. The molecule has 0 aromatic heterocycles. The molecule has 0 saturated heterocycles. The van der Waals surface area contributed by atoms with Crippen molar-refractivity contribution in [2.24, 2.45) is 0 Å². The zero-order chi connectivity index (χ0) is 16.2. The standard InChI is InChI=1S/C15H19FN2O3S/c1-22(20,21)18-11-3-5-14(18)15(19)17-10-2-4-12-6-8-13(16)9-7-12/h3,5-9,14H,2,4,10-11H2,1H3,(H,17,19)/t14-/m0/s1. The zero-order valence-corrected chi connectivity index (χ0v) is 13.1. The summed E-state index contributed by atoms with van der Waals surface area (Å²) in [5.74, 6) is -0.593. The maximum atomic E-state index is 12.8. The summed E-state index contributed by atoms with van der Waals surface area (Å²) >= 11 is 0. The second-order valence-electron chi connectivity index (χ2n) is 5.23. The first-order valence-corrected chi connectivity index (χ1v) is 8.88. The third kappa shape index (κ3) is 4.38. The molecule has 0 spiro atoms. The molecule has 1 aromatic rings. The minimum atomic E-state index is -3.40. The minimum Gasteiger partial charge on any atom is -0.354 e. The first-order valence-electron chi connectivity index (χ1n) is 7.03. The van der Waals surface area contributed by atoms with E-state index in [9.17, 15) is 17.6 Å². The SMILES string of the molecule is CS(=O)(=O)N1CC=C[C@H]1C(=O)NCCCc1ccc(F)cc1. The van der Waals surface area contributed by atoms with Crippen molar-refractivity contribution in [1.29, 1.82) is 0 Å². The lowest BCUT2D eigenvalue weighted by atomic mass is 10.1. The van der Waals surface area contributed by atoms with Gasteiger partial charge >= 0.3 is 0 Å². The monoisotopic (exact) mass is 326 g/mol. The van der Waals surface area contributed by atoms with E-state index in [4.69, 9.17) is 0 Å². The molecule has 0 saturated carbocycles. The quantitative estimate of drug-likeness (QED) is 0.628. The van der Waals surface area contributed by atoms with E-state index < -0.39 is 16.1 Å². The average Bonchev–Trinajstić information content (AvgIpc) is 2.95. The number of carbonyl (C=O) groups is 1. The Morgan fingerprint density at radius 3 is 2.68 bits per heavy atom. The third-order valence-electron chi connectivity index (χ3n) is 3.46. The highest BCUT2D eigenvalue weighted by Crippen LogP contribution is 2.14. The summed E-state index contributed by atoms with van der Waals surface area (Å²) in [6.45, 7) is 0.671. The van der Waals surface area contributed by atoms with Crippen LogP contribution in [0.3, 0.4) is 0 Å². The fourth-order valence-electron chi connectivity index (χ4n) is 2.32. The molecule has 22 heavy (non-hydrogen) atoms. The van der Waals surface area contributed by atoms with Crippen molar-refractivity contribution in [3.8, 4) is 0 Å². The summed E-state index contributed by atoms with van der Waals surface area (Å²) in [6, 6.07) is 5.47. The second kappa shape index (κ2) is 7.02. The predicted molar refractivity (Wildman–Crippen MR) is 82.2 cm³/mol. The van der Waals surface area contributed by atoms with Crippen molar-refractivity contribution in [2.75, 3.05) is 19.3 Å². The highest BCUT2D eigenvalue weighted by atomic mass is 32.2. The number of rotatable bonds is 6. The molecule has 0 radical (unpaired) electrons. The first kappa shape index (κ1) is 16.6. The van der Waals surface area contributed by atoms with Gasteiger partial charge < -0.3 is 5.32 Å². The van der Waals surface area contributed by atoms with Gasteiger partial charge in [0.1, 0.15) is 11.9 Å². The Bertz CT molecular complexity index is 656. The van der Waals surface area contributed by atoms with Gasteiger partial charge in [0.25, 0.3) is 0 Å². The van der Waals surface area contributed by atoms with Crippen molar-refractivity contribution in [3.63, 3.8) is 0 Å². The van der Waals surface area contributed by atoms with Crippen LogP contribution in [0.2, 0.25) is 0 Å². The molecule has 2 rings (SSSR count). The van der Waals surface area contributed by atoms with Crippen LogP contribution in [0.1, 0.15) is 12.0 Å². The van der Waals surface area contributed by atoms with Crippen LogP contribution >= 0.6 is 0 Å². The Balaban J connectivity index is 1.78. The molecular formula is C15H19FN2O3S. The van der Waals surface area contributed by atoms with Gasteiger partial charge in [0.15, 0.2) is 0 Å². The van der Waals surface area contributed by atoms with Crippen LogP contribution in [0.4, 0.5) is 4.39 Å². The van der Waals surface area contributed by atoms with Crippen molar-refractivity contribution in [2.45, 2.75) is 18.9 Å². The van der Waals surface area contributed by atoms with E-state index in [0.717, 1.165) is 22.5 Å². The molecule has 0 aliphatic carbocycles. The van der Waals surface area contributed by atoms with Gasteiger partial charge in [-0.2, -0.15) is 4.31 Å². The molecule has 1 heterocycles. The molecule has 0 fully saturated rings. The zero-order valence-electron chi connectivity index (χ0n) is 12.3. The Morgan fingerprint density at radius 2 is 2.05 bits per heavy atom. The molecule has 1 aliphatic heterocycles. The van der Waals surface area contributed by atoms with E-state index in [1.807, 2.05) is 0 Å². The van der Waals surface area contributed by atoms with Crippen molar-refractivity contribution in [1.82, 2.24) is 9.62 Å². The predicted octanol–water partition coefficient (Wildman–Crippen LogP) is 1.07. The van der Waals surface area contributed by atoms with Crippen LogP contribution in [-0.2, 0) is 21.2 Å². The molecule has 1 atom stereocenters. The van der Waals surface area contributed by atoms with Crippen LogP contribution in [0, 0.1) is 5.82 Å². The Labute approximate surface area is 129 Å². The summed E-state index contributed by atoms with van der Waals surface area (Å²) in [7, 11) is -3.40. The molecule has 0 unspecified atom stereocenters. The number of benzene rings is 1. The van der Waals surface area contributed by atoms with Crippen molar-refractivity contribution < 1.29 is 17.6 Å². The van der Waals surface area contributed by atoms with Crippen LogP contribution < -0.4 is 5.32 Å². The number of aryl methyl sites for hydroxylation is 1. The number of nitrogens with zero attached hydrogens (tertiary/aromatic N) is 1. The number of hydrogen-bond acceptors (Lipinski definition) is 3. The molecule has 1 amide bonds. The van der Waals surface area contributed by atoms with E-state index in [-0.39, 0.29) is 18.3 Å². The lowest BCUT2D eigenvalue weighted by Crippen LogP contribution is -2.46. The average molecular weight is 326 g/mol. The fourth-order valence-corrected chi connectivity index (χ4v) is 3.26. The summed E-state index contributed by atoms with van der Waals surface area (Å²) in [5, 5.41) is 2.74. The smallest absolute Gasteiger partial charge is 0.242 e. The second-order valence-corrected chi connectivity index (χ2v) is 7.16. The Morgan fingerprint density at radius 1 is 1.36 bits per heavy atom. The summed E-state index contributed by atoms with van der Waals surface area (Å²) in [5.41, 5.74) is 0.995. The molecule has 120 valence electrons. The lowest BCUT2D eigenvalue weighted by molar-refractivity contribution is -0.123. The first-order chi connectivity index (χ1) is 10.4. The number of sulfonamides is 1. The van der Waals surface area contributed by atoms with Gasteiger partial charge in [-0.15, -0.1) is 0 Å². The molecule has 1 aliphatic rings. The summed E-state index contributed by atoms with van der Waals surface area (Å²) in [6.07, 6.45) is 5.78. The van der Waals surface area contributed by atoms with E-state index in [0.29, 0.717) is 13.0 Å². The number of hydrogen-bond donors (Lipinski definition) is 1. The van der Waals surface area contributed by atoms with E-state index in [1.165, 1.54) is 12.1 Å². The van der Waals surface area contributed by atoms with Crippen LogP contribution in [-0.4, -0.2) is 44.0 Å². The maximum absolute atomic E-state index is 12.8. The van der Waals surface area contributed by atoms with Gasteiger partial charge in [0.2, 0.25) is 15.9 Å².